The lowest BCUT2D eigenvalue weighted by atomic mass is 9.48. The van der Waals surface area contributed by atoms with E-state index in [0.717, 1.165) is 17.8 Å². The molecule has 5 aromatic rings. The summed E-state index contributed by atoms with van der Waals surface area (Å²) in [7, 11) is 0. The van der Waals surface area contributed by atoms with Crippen molar-refractivity contribution in [3.8, 4) is 16.8 Å². The molecule has 196 valence electrons. The highest BCUT2D eigenvalue weighted by Crippen LogP contribution is 2.60. The average molecular weight is 510 g/mol. The van der Waals surface area contributed by atoms with E-state index < -0.39 is 0 Å². The number of nitrogens with zero attached hydrogens (tertiary/aromatic N) is 1. The van der Waals surface area contributed by atoms with Crippen molar-refractivity contribution < 1.29 is 0 Å². The summed E-state index contributed by atoms with van der Waals surface area (Å²) < 4.78 is 2.47. The van der Waals surface area contributed by atoms with Crippen LogP contribution >= 0.6 is 0 Å². The second kappa shape index (κ2) is 8.34. The second-order valence-corrected chi connectivity index (χ2v) is 14.1. The Morgan fingerprint density at radius 2 is 1.26 bits per heavy atom. The van der Waals surface area contributed by atoms with Crippen LogP contribution in [0.15, 0.2) is 91.0 Å². The maximum Gasteiger partial charge on any atom is 0.0550 e. The molecule has 9 rings (SSSR count). The average Bonchev–Trinajstić information content (AvgIpc) is 3.26. The van der Waals surface area contributed by atoms with Crippen molar-refractivity contribution >= 4 is 21.8 Å². The van der Waals surface area contributed by atoms with E-state index in [-0.39, 0.29) is 5.41 Å². The van der Waals surface area contributed by atoms with Crippen molar-refractivity contribution in [2.45, 2.75) is 70.1 Å². The van der Waals surface area contributed by atoms with Gasteiger partial charge < -0.3 is 4.57 Å². The molecule has 4 aliphatic carbocycles. The summed E-state index contributed by atoms with van der Waals surface area (Å²) in [6.45, 7) is 7.07. The summed E-state index contributed by atoms with van der Waals surface area (Å²) >= 11 is 0. The summed E-state index contributed by atoms with van der Waals surface area (Å²) in [5.74, 6) is 2.94. The van der Waals surface area contributed by atoms with Crippen molar-refractivity contribution in [1.82, 2.24) is 4.57 Å². The van der Waals surface area contributed by atoms with E-state index >= 15 is 0 Å². The van der Waals surface area contributed by atoms with Gasteiger partial charge in [0.05, 0.1) is 11.0 Å². The highest BCUT2D eigenvalue weighted by molar-refractivity contribution is 6.12. The van der Waals surface area contributed by atoms with E-state index in [1.807, 2.05) is 0 Å². The molecule has 0 unspecified atom stereocenters. The summed E-state index contributed by atoms with van der Waals surface area (Å²) in [4.78, 5) is 0. The van der Waals surface area contributed by atoms with Crippen molar-refractivity contribution in [3.63, 3.8) is 0 Å². The first kappa shape index (κ1) is 23.6. The number of aromatic nitrogens is 1. The zero-order valence-corrected chi connectivity index (χ0v) is 23.6. The Labute approximate surface area is 232 Å². The number of hydrogen-bond donors (Lipinski definition) is 0. The Balaban J connectivity index is 1.30. The van der Waals surface area contributed by atoms with Gasteiger partial charge in [0.15, 0.2) is 0 Å². The van der Waals surface area contributed by atoms with Gasteiger partial charge in [-0.15, -0.1) is 0 Å². The van der Waals surface area contributed by atoms with Crippen LogP contribution in [-0.4, -0.2) is 4.57 Å². The number of rotatable bonds is 3. The van der Waals surface area contributed by atoms with Crippen molar-refractivity contribution in [2.75, 3.05) is 0 Å². The highest BCUT2D eigenvalue weighted by Gasteiger charge is 2.51. The van der Waals surface area contributed by atoms with Gasteiger partial charge in [0, 0.05) is 16.5 Å². The van der Waals surface area contributed by atoms with E-state index in [2.05, 4.69) is 116 Å². The standard InChI is InChI=1S/C38H39N/c1-37(2,3)33-20-29(21-35-36(33)32-11-7-8-12-34(32)39(35)31-9-5-4-6-10-31)28-13-15-30(16-14-28)38-22-25-17-26(23-38)19-27(18-25)24-38/h4-16,20-21,25-27H,17-19,22-24H2,1-3H3. The molecule has 1 aromatic heterocycles. The van der Waals surface area contributed by atoms with Crippen LogP contribution in [0.2, 0.25) is 0 Å². The Morgan fingerprint density at radius 3 is 1.90 bits per heavy atom. The molecule has 0 atom stereocenters. The summed E-state index contributed by atoms with van der Waals surface area (Å²) in [6, 6.07) is 34.5. The normalized spacial score (nSPS) is 26.1. The first-order valence-corrected chi connectivity index (χ1v) is 15.1. The van der Waals surface area contributed by atoms with Crippen molar-refractivity contribution in [1.29, 1.82) is 0 Å². The van der Waals surface area contributed by atoms with Gasteiger partial charge in [0.1, 0.15) is 0 Å². The molecule has 4 fully saturated rings. The molecule has 0 aliphatic heterocycles. The fourth-order valence-corrected chi connectivity index (χ4v) is 9.19. The lowest BCUT2D eigenvalue weighted by molar-refractivity contribution is -0.00518. The van der Waals surface area contributed by atoms with Gasteiger partial charge in [-0.2, -0.15) is 0 Å². The molecule has 4 aliphatic rings. The molecule has 0 spiro atoms. The fraction of sp³-hybridized carbons (Fsp3) is 0.368. The van der Waals surface area contributed by atoms with Gasteiger partial charge in [0.25, 0.3) is 0 Å². The molecule has 0 N–H and O–H groups in total. The lowest BCUT2D eigenvalue weighted by Gasteiger charge is -2.57. The van der Waals surface area contributed by atoms with E-state index in [4.69, 9.17) is 0 Å². The van der Waals surface area contributed by atoms with E-state index in [9.17, 15) is 0 Å². The van der Waals surface area contributed by atoms with Gasteiger partial charge in [0.2, 0.25) is 0 Å². The predicted molar refractivity (Wildman–Crippen MR) is 165 cm³/mol. The molecule has 0 saturated heterocycles. The van der Waals surface area contributed by atoms with E-state index in [1.54, 1.807) is 5.56 Å². The van der Waals surface area contributed by atoms with E-state index in [0.29, 0.717) is 5.41 Å². The number of fused-ring (bicyclic) bond motifs is 3. The third kappa shape index (κ3) is 3.65. The van der Waals surface area contributed by atoms with Crippen LogP contribution in [0.5, 0.6) is 0 Å². The number of para-hydroxylation sites is 2. The molecule has 1 heteroatoms. The largest absolute Gasteiger partial charge is 0.309 e. The fourth-order valence-electron chi connectivity index (χ4n) is 9.19. The molecule has 0 radical (unpaired) electrons. The van der Waals surface area contributed by atoms with Gasteiger partial charge in [-0.05, 0) is 120 Å². The molecule has 39 heavy (non-hydrogen) atoms. The minimum absolute atomic E-state index is 0.0268. The third-order valence-corrected chi connectivity index (χ3v) is 10.5. The van der Waals surface area contributed by atoms with Crippen LogP contribution in [0.4, 0.5) is 0 Å². The molecule has 1 heterocycles. The van der Waals surface area contributed by atoms with Crippen molar-refractivity contribution in [3.05, 3.63) is 102 Å². The maximum atomic E-state index is 2.50. The molecular weight excluding hydrogens is 470 g/mol. The smallest absolute Gasteiger partial charge is 0.0550 e. The first-order valence-electron chi connectivity index (χ1n) is 15.1. The van der Waals surface area contributed by atoms with Crippen LogP contribution < -0.4 is 0 Å². The van der Waals surface area contributed by atoms with Crippen LogP contribution in [0.3, 0.4) is 0 Å². The van der Waals surface area contributed by atoms with Gasteiger partial charge >= 0.3 is 0 Å². The zero-order chi connectivity index (χ0) is 26.4. The molecular formula is C38H39N. The number of benzene rings is 4. The lowest BCUT2D eigenvalue weighted by Crippen LogP contribution is -2.48. The molecule has 4 bridgehead atoms. The Hall–Kier alpha value is -3.32. The third-order valence-electron chi connectivity index (χ3n) is 10.5. The zero-order valence-electron chi connectivity index (χ0n) is 23.6. The number of hydrogen-bond acceptors (Lipinski definition) is 0. The van der Waals surface area contributed by atoms with Gasteiger partial charge in [-0.25, -0.2) is 0 Å². The topological polar surface area (TPSA) is 4.93 Å². The van der Waals surface area contributed by atoms with Gasteiger partial charge in [-0.1, -0.05) is 81.4 Å². The SMILES string of the molecule is CC(C)(C)c1cc(-c2ccc(C34CC5CC(CC(C5)C3)C4)cc2)cc2c1c1ccccc1n2-c1ccccc1. The highest BCUT2D eigenvalue weighted by atomic mass is 15.0. The summed E-state index contributed by atoms with van der Waals surface area (Å²) in [5.41, 5.74) is 9.97. The van der Waals surface area contributed by atoms with Crippen LogP contribution in [0.25, 0.3) is 38.6 Å². The monoisotopic (exact) mass is 509 g/mol. The van der Waals surface area contributed by atoms with Gasteiger partial charge in [-0.3, -0.25) is 0 Å². The Bertz CT molecular complexity index is 1660. The minimum Gasteiger partial charge on any atom is -0.309 e. The molecule has 4 aromatic carbocycles. The summed E-state index contributed by atoms with van der Waals surface area (Å²) in [6.07, 6.45) is 8.79. The second-order valence-electron chi connectivity index (χ2n) is 14.1. The molecule has 4 saturated carbocycles. The van der Waals surface area contributed by atoms with Crippen LogP contribution in [0.1, 0.15) is 70.4 Å². The van der Waals surface area contributed by atoms with E-state index in [1.165, 1.54) is 82.7 Å². The first-order chi connectivity index (χ1) is 18.9. The maximum absolute atomic E-state index is 2.50. The molecule has 0 amide bonds. The minimum atomic E-state index is 0.0268. The van der Waals surface area contributed by atoms with Crippen molar-refractivity contribution in [2.24, 2.45) is 17.8 Å². The predicted octanol–water partition coefficient (Wildman–Crippen LogP) is 10.2. The quantitative estimate of drug-likeness (QED) is 0.228. The molecule has 1 nitrogen and oxygen atoms in total. The Kier molecular flexibility index (Phi) is 5.04. The summed E-state index contributed by atoms with van der Waals surface area (Å²) in [5, 5.41) is 2.72. The van der Waals surface area contributed by atoms with Crippen LogP contribution in [-0.2, 0) is 10.8 Å². The Morgan fingerprint density at radius 1 is 0.641 bits per heavy atom. The van der Waals surface area contributed by atoms with Crippen LogP contribution in [0, 0.1) is 17.8 Å².